The normalized spacial score (nSPS) is 22.1. The zero-order valence-corrected chi connectivity index (χ0v) is 24.4. The minimum Gasteiger partial charge on any atom is -0.330 e. The van der Waals surface area contributed by atoms with Crippen LogP contribution in [0, 0.1) is 6.92 Å². The largest absolute Gasteiger partial charge is 0.330 e. The number of nitrogens with zero attached hydrogens (tertiary/aromatic N) is 5. The topological polar surface area (TPSA) is 112 Å². The van der Waals surface area contributed by atoms with E-state index in [2.05, 4.69) is 17.0 Å². The molecule has 0 radical (unpaired) electrons. The van der Waals surface area contributed by atoms with Crippen LogP contribution in [0.1, 0.15) is 77.8 Å². The fourth-order valence-electron chi connectivity index (χ4n) is 5.76. The second-order valence-corrected chi connectivity index (χ2v) is 13.1. The highest BCUT2D eigenvalue weighted by atomic mass is 35.5. The SMILES string of the molecule is CN[C@H]1CCC(c2nc3cc([C@@H]4CCCCN4C(=O)c4cc(Cl)ccc4NS(=O)(=O)N(C)C)nn3cc2C)C1. The van der Waals surface area contributed by atoms with Gasteiger partial charge in [-0.1, -0.05) is 11.6 Å². The molecule has 2 aliphatic rings. The summed E-state index contributed by atoms with van der Waals surface area (Å²) < 4.78 is 30.5. The van der Waals surface area contributed by atoms with E-state index in [0.29, 0.717) is 23.5 Å². The Balaban J connectivity index is 1.47. The molecule has 1 aromatic carbocycles. The third-order valence-corrected chi connectivity index (χ3v) is 9.63. The lowest BCUT2D eigenvalue weighted by Gasteiger charge is -2.35. The number of likely N-dealkylation sites (tertiary alicyclic amines) is 1. The van der Waals surface area contributed by atoms with Crippen LogP contribution in [0.5, 0.6) is 0 Å². The number of carbonyl (C=O) groups is 1. The number of hydrogen-bond acceptors (Lipinski definition) is 6. The Hall–Kier alpha value is -2.73. The molecule has 3 heterocycles. The highest BCUT2D eigenvalue weighted by molar-refractivity contribution is 7.90. The Kier molecular flexibility index (Phi) is 7.87. The molecule has 39 heavy (non-hydrogen) atoms. The second-order valence-electron chi connectivity index (χ2n) is 10.8. The zero-order valence-electron chi connectivity index (χ0n) is 22.8. The number of anilines is 1. The van der Waals surface area contributed by atoms with E-state index in [4.69, 9.17) is 21.7 Å². The first kappa shape index (κ1) is 27.8. The van der Waals surface area contributed by atoms with Crippen LogP contribution < -0.4 is 10.0 Å². The maximum atomic E-state index is 13.9. The van der Waals surface area contributed by atoms with Crippen molar-refractivity contribution >= 4 is 39.1 Å². The average molecular weight is 574 g/mol. The molecule has 1 saturated carbocycles. The molecule has 2 N–H and O–H groups in total. The van der Waals surface area contributed by atoms with E-state index in [1.54, 1.807) is 11.0 Å². The van der Waals surface area contributed by atoms with E-state index in [1.807, 2.05) is 23.8 Å². The number of amides is 1. The number of halogens is 1. The van der Waals surface area contributed by atoms with Gasteiger partial charge in [-0.2, -0.15) is 17.8 Å². The van der Waals surface area contributed by atoms with Crippen LogP contribution in [-0.2, 0) is 10.2 Å². The Morgan fingerprint density at radius 1 is 1.15 bits per heavy atom. The van der Waals surface area contributed by atoms with Gasteiger partial charge in [0.25, 0.3) is 5.91 Å². The summed E-state index contributed by atoms with van der Waals surface area (Å²) in [6.45, 7) is 2.62. The maximum Gasteiger partial charge on any atom is 0.301 e. The predicted molar refractivity (Wildman–Crippen MR) is 152 cm³/mol. The van der Waals surface area contributed by atoms with Crippen molar-refractivity contribution in [1.82, 2.24) is 29.1 Å². The van der Waals surface area contributed by atoms with Crippen LogP contribution in [0.15, 0.2) is 30.5 Å². The third-order valence-electron chi connectivity index (χ3n) is 7.95. The fourth-order valence-corrected chi connectivity index (χ4v) is 6.57. The van der Waals surface area contributed by atoms with E-state index >= 15 is 0 Å². The van der Waals surface area contributed by atoms with Crippen molar-refractivity contribution in [2.75, 3.05) is 32.4 Å². The molecule has 1 unspecified atom stereocenters. The first-order valence-corrected chi connectivity index (χ1v) is 15.2. The van der Waals surface area contributed by atoms with E-state index in [1.165, 1.54) is 26.2 Å². The number of nitrogens with one attached hydrogen (secondary N) is 2. The zero-order chi connectivity index (χ0) is 27.9. The summed E-state index contributed by atoms with van der Waals surface area (Å²) in [5.41, 5.74) is 4.20. The quantitative estimate of drug-likeness (QED) is 0.439. The molecule has 1 aliphatic heterocycles. The summed E-state index contributed by atoms with van der Waals surface area (Å²) in [6.07, 6.45) is 7.94. The molecule has 3 aromatic rings. The van der Waals surface area contributed by atoms with Crippen LogP contribution >= 0.6 is 11.6 Å². The lowest BCUT2D eigenvalue weighted by Crippen LogP contribution is -2.39. The second kappa shape index (κ2) is 11.0. The summed E-state index contributed by atoms with van der Waals surface area (Å²) in [7, 11) is 1.06. The molecule has 210 valence electrons. The molecule has 12 heteroatoms. The van der Waals surface area contributed by atoms with Crippen LogP contribution in [0.3, 0.4) is 0 Å². The van der Waals surface area contributed by atoms with Gasteiger partial charge >= 0.3 is 10.2 Å². The molecule has 0 spiro atoms. The Labute approximate surface area is 234 Å². The Morgan fingerprint density at radius 3 is 2.67 bits per heavy atom. The number of piperidine rings is 1. The van der Waals surface area contributed by atoms with Crippen molar-refractivity contribution in [3.8, 4) is 0 Å². The van der Waals surface area contributed by atoms with E-state index in [0.717, 1.165) is 65.4 Å². The standard InChI is InChI=1S/C27H36ClN7O3S/c1-17-16-35-25(30-26(17)18-8-10-20(13-18)29-2)15-23(31-35)24-7-5-6-12-34(24)27(36)21-14-19(28)9-11-22(21)32-39(37,38)33(3)4/h9,11,14-16,18,20,24,29,32H,5-8,10,12-13H2,1-4H3/t18?,20-,24-/m0/s1. The lowest BCUT2D eigenvalue weighted by atomic mass is 9.97. The van der Waals surface area contributed by atoms with Gasteiger partial charge in [0.1, 0.15) is 0 Å². The molecule has 3 atom stereocenters. The van der Waals surface area contributed by atoms with Gasteiger partial charge in [0, 0.05) is 49.9 Å². The molecule has 5 rings (SSSR count). The summed E-state index contributed by atoms with van der Waals surface area (Å²) in [6, 6.07) is 6.86. The number of aryl methyl sites for hydroxylation is 1. The van der Waals surface area contributed by atoms with Gasteiger partial charge in [0.05, 0.1) is 28.7 Å². The Morgan fingerprint density at radius 2 is 1.95 bits per heavy atom. The molecule has 1 saturated heterocycles. The van der Waals surface area contributed by atoms with E-state index in [-0.39, 0.29) is 23.2 Å². The van der Waals surface area contributed by atoms with Crippen LogP contribution in [0.2, 0.25) is 5.02 Å². The summed E-state index contributed by atoms with van der Waals surface area (Å²) in [5, 5.41) is 8.59. The molecule has 2 fully saturated rings. The first-order valence-electron chi connectivity index (χ1n) is 13.4. The maximum absolute atomic E-state index is 13.9. The first-order chi connectivity index (χ1) is 18.6. The molecule has 1 amide bonds. The number of hydrogen-bond donors (Lipinski definition) is 2. The van der Waals surface area contributed by atoms with Crippen molar-refractivity contribution in [2.24, 2.45) is 0 Å². The van der Waals surface area contributed by atoms with Crippen LogP contribution in [0.4, 0.5) is 5.69 Å². The molecule has 0 bridgehead atoms. The number of fused-ring (bicyclic) bond motifs is 1. The molecule has 10 nitrogen and oxygen atoms in total. The fraction of sp³-hybridized carbons (Fsp3) is 0.519. The minimum atomic E-state index is -3.81. The smallest absolute Gasteiger partial charge is 0.301 e. The van der Waals surface area contributed by atoms with Gasteiger partial charge in [0.15, 0.2) is 5.65 Å². The van der Waals surface area contributed by atoms with Gasteiger partial charge in [-0.25, -0.2) is 9.50 Å². The Bertz CT molecular complexity index is 1490. The van der Waals surface area contributed by atoms with E-state index < -0.39 is 10.2 Å². The summed E-state index contributed by atoms with van der Waals surface area (Å²) in [4.78, 5) is 20.7. The highest BCUT2D eigenvalue weighted by Crippen LogP contribution is 2.37. The number of aromatic nitrogens is 3. The molecule has 1 aliphatic carbocycles. The summed E-state index contributed by atoms with van der Waals surface area (Å²) in [5.74, 6) is 0.135. The minimum absolute atomic E-state index is 0.191. The third kappa shape index (κ3) is 5.63. The highest BCUT2D eigenvalue weighted by Gasteiger charge is 2.33. The van der Waals surface area contributed by atoms with Crippen molar-refractivity contribution in [1.29, 1.82) is 0 Å². The van der Waals surface area contributed by atoms with Gasteiger partial charge < -0.3 is 10.2 Å². The average Bonchev–Trinajstić information content (AvgIpc) is 3.55. The van der Waals surface area contributed by atoms with Gasteiger partial charge in [-0.15, -0.1) is 0 Å². The van der Waals surface area contributed by atoms with Crippen molar-refractivity contribution < 1.29 is 13.2 Å². The van der Waals surface area contributed by atoms with Crippen LogP contribution in [0.25, 0.3) is 5.65 Å². The molecular formula is C27H36ClN7O3S. The monoisotopic (exact) mass is 573 g/mol. The van der Waals surface area contributed by atoms with Gasteiger partial charge in [-0.05, 0) is 76.3 Å². The number of rotatable bonds is 7. The molecule has 2 aromatic heterocycles. The number of carbonyl (C=O) groups excluding carboxylic acids is 1. The van der Waals surface area contributed by atoms with Crippen LogP contribution in [-0.4, -0.2) is 71.9 Å². The van der Waals surface area contributed by atoms with Crippen molar-refractivity contribution in [2.45, 2.75) is 63.5 Å². The van der Waals surface area contributed by atoms with Crippen molar-refractivity contribution in [3.05, 3.63) is 58.0 Å². The van der Waals surface area contributed by atoms with Gasteiger partial charge in [-0.3, -0.25) is 9.52 Å². The summed E-state index contributed by atoms with van der Waals surface area (Å²) >= 11 is 6.26. The van der Waals surface area contributed by atoms with E-state index in [9.17, 15) is 13.2 Å². The predicted octanol–water partition coefficient (Wildman–Crippen LogP) is 4.13. The molecular weight excluding hydrogens is 538 g/mol. The van der Waals surface area contributed by atoms with Crippen molar-refractivity contribution in [3.63, 3.8) is 0 Å². The number of benzene rings is 1. The lowest BCUT2D eigenvalue weighted by molar-refractivity contribution is 0.0607. The van der Waals surface area contributed by atoms with Gasteiger partial charge in [0.2, 0.25) is 0 Å².